The number of fused-ring (bicyclic) bond motifs is 2. The Morgan fingerprint density at radius 2 is 2.04 bits per heavy atom. The molecule has 2 aliphatic rings. The molecule has 2 aromatic heterocycles. The highest BCUT2D eigenvalue weighted by molar-refractivity contribution is 5.79. The summed E-state index contributed by atoms with van der Waals surface area (Å²) in [6.07, 6.45) is 2.40. The van der Waals surface area contributed by atoms with Crippen molar-refractivity contribution in [2.45, 2.75) is 31.9 Å². The first-order chi connectivity index (χ1) is 13.6. The van der Waals surface area contributed by atoms with Gasteiger partial charge in [0.25, 0.3) is 0 Å². The number of aryl methyl sites for hydroxylation is 1. The molecule has 3 aromatic rings. The predicted molar refractivity (Wildman–Crippen MR) is 105 cm³/mol. The van der Waals surface area contributed by atoms with Gasteiger partial charge in [0.1, 0.15) is 18.5 Å². The Kier molecular flexibility index (Phi) is 3.87. The summed E-state index contributed by atoms with van der Waals surface area (Å²) >= 11 is 0. The van der Waals surface area contributed by atoms with Crippen LogP contribution in [0.25, 0.3) is 5.65 Å². The molecule has 1 N–H and O–H groups in total. The number of carbonyl (C=O) groups is 1. The summed E-state index contributed by atoms with van der Waals surface area (Å²) in [5.74, 6) is 0.994. The number of nitrogens with zero attached hydrogens (tertiary/aromatic N) is 4. The van der Waals surface area contributed by atoms with E-state index in [1.165, 1.54) is 0 Å². The van der Waals surface area contributed by atoms with Crippen LogP contribution in [0.1, 0.15) is 23.2 Å². The largest absolute Gasteiger partial charge is 0.364 e. The maximum Gasteiger partial charge on any atom is 0.246 e. The van der Waals surface area contributed by atoms with Crippen LogP contribution in [0.2, 0.25) is 0 Å². The van der Waals surface area contributed by atoms with E-state index in [2.05, 4.69) is 39.4 Å². The molecule has 2 fully saturated rings. The number of amides is 1. The summed E-state index contributed by atoms with van der Waals surface area (Å²) in [6.45, 7) is 5.67. The van der Waals surface area contributed by atoms with Crippen LogP contribution in [0, 0.1) is 13.8 Å². The second-order valence-electron chi connectivity index (χ2n) is 7.63. The Morgan fingerprint density at radius 1 is 1.21 bits per heavy atom. The quantitative estimate of drug-likeness (QED) is 0.739. The highest BCUT2D eigenvalue weighted by Crippen LogP contribution is 2.39. The lowest BCUT2D eigenvalue weighted by molar-refractivity contribution is -0.146. The fourth-order valence-electron chi connectivity index (χ4n) is 4.54. The van der Waals surface area contributed by atoms with Crippen LogP contribution in [0.15, 0.2) is 42.6 Å². The minimum atomic E-state index is -0.494. The second-order valence-corrected chi connectivity index (χ2v) is 7.63. The van der Waals surface area contributed by atoms with Crippen LogP contribution in [0.4, 0.5) is 5.82 Å². The van der Waals surface area contributed by atoms with Gasteiger partial charge in [0, 0.05) is 30.4 Å². The number of aromatic nitrogens is 3. The lowest BCUT2D eigenvalue weighted by Crippen LogP contribution is -2.66. The van der Waals surface area contributed by atoms with Crippen molar-refractivity contribution in [3.8, 4) is 0 Å². The molecule has 1 amide bonds. The van der Waals surface area contributed by atoms with Crippen molar-refractivity contribution in [3.05, 3.63) is 59.4 Å². The molecule has 0 aliphatic carbocycles. The minimum absolute atomic E-state index is 0.0565. The third kappa shape index (κ3) is 2.50. The number of hydrogen-bond donors (Lipinski definition) is 1. The van der Waals surface area contributed by atoms with Gasteiger partial charge in [-0.3, -0.25) is 4.79 Å². The molecule has 0 saturated carbocycles. The van der Waals surface area contributed by atoms with Crippen molar-refractivity contribution < 1.29 is 9.53 Å². The van der Waals surface area contributed by atoms with Crippen molar-refractivity contribution in [1.82, 2.24) is 19.9 Å². The average molecular weight is 377 g/mol. The van der Waals surface area contributed by atoms with Crippen LogP contribution in [-0.2, 0) is 15.1 Å². The lowest BCUT2D eigenvalue weighted by Gasteiger charge is -2.51. The van der Waals surface area contributed by atoms with Gasteiger partial charge in [0.2, 0.25) is 5.91 Å². The Labute approximate surface area is 163 Å². The van der Waals surface area contributed by atoms with Crippen molar-refractivity contribution >= 4 is 17.4 Å². The van der Waals surface area contributed by atoms with Crippen LogP contribution in [0.3, 0.4) is 0 Å². The molecule has 5 rings (SSSR count). The third-order valence-corrected chi connectivity index (χ3v) is 6.06. The van der Waals surface area contributed by atoms with Gasteiger partial charge in [0.15, 0.2) is 5.65 Å². The van der Waals surface area contributed by atoms with Gasteiger partial charge < -0.3 is 15.0 Å². The molecule has 0 radical (unpaired) electrons. The van der Waals surface area contributed by atoms with Gasteiger partial charge in [-0.2, -0.15) is 9.61 Å². The maximum absolute atomic E-state index is 12.2. The molecule has 2 saturated heterocycles. The molecule has 2 atom stereocenters. The maximum atomic E-state index is 12.2. The highest BCUT2D eigenvalue weighted by Gasteiger charge is 2.49. The number of rotatable bonds is 2. The Bertz CT molecular complexity index is 1050. The van der Waals surface area contributed by atoms with E-state index in [-0.39, 0.29) is 18.6 Å². The topological polar surface area (TPSA) is 71.8 Å². The predicted octanol–water partition coefficient (Wildman–Crippen LogP) is 1.97. The van der Waals surface area contributed by atoms with Crippen LogP contribution >= 0.6 is 0 Å². The second kappa shape index (κ2) is 6.31. The molecule has 2 aliphatic heterocycles. The number of nitrogens with one attached hydrogen (secondary N) is 1. The van der Waals surface area contributed by atoms with Gasteiger partial charge in [0.05, 0.1) is 11.7 Å². The zero-order valence-corrected chi connectivity index (χ0v) is 16.1. The monoisotopic (exact) mass is 377 g/mol. The van der Waals surface area contributed by atoms with E-state index in [9.17, 15) is 4.79 Å². The number of benzene rings is 1. The summed E-state index contributed by atoms with van der Waals surface area (Å²) < 4.78 is 7.97. The van der Waals surface area contributed by atoms with E-state index < -0.39 is 5.54 Å². The number of anilines is 1. The lowest BCUT2D eigenvalue weighted by atomic mass is 9.77. The molecular formula is C21H23N5O2. The van der Waals surface area contributed by atoms with Gasteiger partial charge >= 0.3 is 0 Å². The molecule has 0 unspecified atom stereocenters. The Hall–Kier alpha value is -2.93. The summed E-state index contributed by atoms with van der Waals surface area (Å²) in [4.78, 5) is 19.2. The van der Waals surface area contributed by atoms with Crippen molar-refractivity contribution in [2.24, 2.45) is 0 Å². The Balaban J connectivity index is 1.56. The number of piperidine rings is 1. The molecule has 0 bridgehead atoms. The average Bonchev–Trinajstić information content (AvgIpc) is 3.17. The molecule has 7 nitrogen and oxygen atoms in total. The molecule has 7 heteroatoms. The first kappa shape index (κ1) is 17.2. The van der Waals surface area contributed by atoms with Gasteiger partial charge in [-0.05, 0) is 25.8 Å². The normalized spacial score (nSPS) is 24.9. The molecule has 28 heavy (non-hydrogen) atoms. The highest BCUT2D eigenvalue weighted by atomic mass is 16.5. The summed E-state index contributed by atoms with van der Waals surface area (Å²) in [5, 5.41) is 7.74. The van der Waals surface area contributed by atoms with Crippen LogP contribution in [0.5, 0.6) is 0 Å². The minimum Gasteiger partial charge on any atom is -0.364 e. The van der Waals surface area contributed by atoms with Crippen molar-refractivity contribution in [2.75, 3.05) is 24.6 Å². The van der Waals surface area contributed by atoms with Gasteiger partial charge in [-0.25, -0.2) is 4.98 Å². The third-order valence-electron chi connectivity index (χ3n) is 6.06. The SMILES string of the molecule is Cc1nc2ccnn2c(N2CC[C@@]3(c4ccccc4)NC(=O)CO[C@@H]3C2)c1C. The van der Waals surface area contributed by atoms with Crippen molar-refractivity contribution in [1.29, 1.82) is 0 Å². The molecule has 4 heterocycles. The summed E-state index contributed by atoms with van der Waals surface area (Å²) in [6, 6.07) is 12.1. The molecule has 144 valence electrons. The zero-order valence-electron chi connectivity index (χ0n) is 16.1. The molecule has 1 aromatic carbocycles. The van der Waals surface area contributed by atoms with E-state index in [0.29, 0.717) is 6.54 Å². The fraction of sp³-hybridized carbons (Fsp3) is 0.381. The van der Waals surface area contributed by atoms with Gasteiger partial charge in [-0.15, -0.1) is 0 Å². The number of carbonyl (C=O) groups excluding carboxylic acids is 1. The Morgan fingerprint density at radius 3 is 2.86 bits per heavy atom. The first-order valence-corrected chi connectivity index (χ1v) is 9.62. The smallest absolute Gasteiger partial charge is 0.246 e. The van der Waals surface area contributed by atoms with Gasteiger partial charge in [-0.1, -0.05) is 30.3 Å². The summed E-state index contributed by atoms with van der Waals surface area (Å²) in [7, 11) is 0. The van der Waals surface area contributed by atoms with E-state index in [1.807, 2.05) is 35.7 Å². The first-order valence-electron chi connectivity index (χ1n) is 9.62. The van der Waals surface area contributed by atoms with Crippen LogP contribution in [-0.4, -0.2) is 46.3 Å². The zero-order chi connectivity index (χ0) is 19.3. The van der Waals surface area contributed by atoms with E-state index in [4.69, 9.17) is 4.74 Å². The van der Waals surface area contributed by atoms with Crippen LogP contribution < -0.4 is 10.2 Å². The number of hydrogen-bond acceptors (Lipinski definition) is 5. The van der Waals surface area contributed by atoms with E-state index in [0.717, 1.165) is 41.3 Å². The fourth-order valence-corrected chi connectivity index (χ4v) is 4.54. The standard InChI is InChI=1S/C21H23N5O2/c1-14-15(2)23-18-8-10-22-26(18)20(14)25-11-9-21(16-6-4-3-5-7-16)17(12-25)28-13-19(27)24-21/h3-8,10,17H,9,11-13H2,1-2H3,(H,24,27)/t17-,21+/m1/s1. The number of ether oxygens (including phenoxy) is 1. The van der Waals surface area contributed by atoms with Crippen molar-refractivity contribution in [3.63, 3.8) is 0 Å². The summed E-state index contributed by atoms with van der Waals surface area (Å²) in [5.41, 5.74) is 3.56. The molecule has 0 spiro atoms. The van der Waals surface area contributed by atoms with E-state index in [1.54, 1.807) is 6.20 Å². The molecular weight excluding hydrogens is 354 g/mol. The van der Waals surface area contributed by atoms with E-state index >= 15 is 0 Å². The number of morpholine rings is 1.